The Morgan fingerprint density at radius 1 is 1.39 bits per heavy atom. The van der Waals surface area contributed by atoms with E-state index in [2.05, 4.69) is 36.9 Å². The van der Waals surface area contributed by atoms with Gasteiger partial charge in [0.15, 0.2) is 0 Å². The second kappa shape index (κ2) is 6.53. The van der Waals surface area contributed by atoms with Gasteiger partial charge in [-0.05, 0) is 31.2 Å². The molecule has 1 aromatic heterocycles. The highest BCUT2D eigenvalue weighted by Crippen LogP contribution is 2.29. The Balaban J connectivity index is 3.06. The second-order valence-corrected chi connectivity index (χ2v) is 5.25. The van der Waals surface area contributed by atoms with E-state index >= 15 is 0 Å². The van der Waals surface area contributed by atoms with Crippen molar-refractivity contribution in [1.29, 1.82) is 0 Å². The lowest BCUT2D eigenvalue weighted by atomic mass is 9.95. The maximum absolute atomic E-state index is 4.69. The number of hydrogen-bond donors (Lipinski definition) is 0. The predicted octanol–water partition coefficient (Wildman–Crippen LogP) is 3.84. The van der Waals surface area contributed by atoms with Crippen molar-refractivity contribution >= 4 is 17.6 Å². The van der Waals surface area contributed by atoms with Gasteiger partial charge in [0, 0.05) is 26.5 Å². The van der Waals surface area contributed by atoms with Crippen molar-refractivity contribution in [2.45, 2.75) is 34.1 Å². The number of rotatable bonds is 5. The van der Waals surface area contributed by atoms with Crippen molar-refractivity contribution in [3.05, 3.63) is 18.0 Å². The summed E-state index contributed by atoms with van der Waals surface area (Å²) in [5.41, 5.74) is 3.09. The van der Waals surface area contributed by atoms with Gasteiger partial charge in [0.25, 0.3) is 0 Å². The third-order valence-corrected chi connectivity index (χ3v) is 3.29. The smallest absolute Gasteiger partial charge is 0.107 e. The maximum Gasteiger partial charge on any atom is 0.107 e. The van der Waals surface area contributed by atoms with Gasteiger partial charge < -0.3 is 4.90 Å². The highest BCUT2D eigenvalue weighted by molar-refractivity contribution is 5.75. The number of aryl methyl sites for hydroxylation is 1. The highest BCUT2D eigenvalue weighted by Gasteiger charge is 2.10. The highest BCUT2D eigenvalue weighted by atomic mass is 15.1. The summed E-state index contributed by atoms with van der Waals surface area (Å²) in [6, 6.07) is 2.01. The number of anilines is 1. The molecule has 0 aliphatic rings. The summed E-state index contributed by atoms with van der Waals surface area (Å²) in [6.45, 7) is 8.70. The summed E-state index contributed by atoms with van der Waals surface area (Å²) in [5, 5.41) is 0. The molecule has 0 aliphatic heterocycles. The minimum absolute atomic E-state index is 0.527. The Morgan fingerprint density at radius 3 is 2.56 bits per heavy atom. The van der Waals surface area contributed by atoms with Crippen LogP contribution in [0.4, 0.5) is 11.4 Å². The van der Waals surface area contributed by atoms with E-state index < -0.39 is 0 Å². The summed E-state index contributed by atoms with van der Waals surface area (Å²) in [5.74, 6) is 1.15. The summed E-state index contributed by atoms with van der Waals surface area (Å²) >= 11 is 0. The Hall–Kier alpha value is -1.38. The Labute approximate surface area is 111 Å². The molecule has 3 nitrogen and oxygen atoms in total. The molecule has 0 bridgehead atoms. The molecule has 0 aromatic carbocycles. The first-order chi connectivity index (χ1) is 8.47. The first kappa shape index (κ1) is 14.7. The van der Waals surface area contributed by atoms with Crippen LogP contribution in [0, 0.1) is 18.8 Å². The molecule has 100 valence electrons. The minimum atomic E-state index is 0.527. The molecule has 0 saturated heterocycles. The fraction of sp³-hybridized carbons (Fsp3) is 0.600. The molecule has 0 fully saturated rings. The van der Waals surface area contributed by atoms with Gasteiger partial charge in [-0.25, -0.2) is 0 Å². The van der Waals surface area contributed by atoms with Crippen molar-refractivity contribution in [1.82, 2.24) is 4.98 Å². The molecule has 0 N–H and O–H groups in total. The zero-order valence-electron chi connectivity index (χ0n) is 12.4. The lowest BCUT2D eigenvalue weighted by Gasteiger charge is -2.17. The standard InChI is InChI=1S/C15H25N3/c1-7-13(11(2)3)10-17-15-12(4)16-9-8-14(15)18(5)6/h8-11,13H,7H2,1-6H3. The first-order valence-corrected chi connectivity index (χ1v) is 6.64. The number of aliphatic imine (C=N–C) groups is 1. The predicted molar refractivity (Wildman–Crippen MR) is 80.1 cm³/mol. The minimum Gasteiger partial charge on any atom is -0.376 e. The van der Waals surface area contributed by atoms with Crippen LogP contribution in [-0.4, -0.2) is 25.3 Å². The van der Waals surface area contributed by atoms with E-state index in [1.54, 1.807) is 0 Å². The van der Waals surface area contributed by atoms with E-state index in [0.29, 0.717) is 11.8 Å². The summed E-state index contributed by atoms with van der Waals surface area (Å²) in [4.78, 5) is 11.1. The fourth-order valence-electron chi connectivity index (χ4n) is 1.98. The average Bonchev–Trinajstić information content (AvgIpc) is 2.30. The van der Waals surface area contributed by atoms with Gasteiger partial charge in [-0.15, -0.1) is 0 Å². The lowest BCUT2D eigenvalue weighted by Crippen LogP contribution is -2.11. The molecule has 0 radical (unpaired) electrons. The van der Waals surface area contributed by atoms with Crippen LogP contribution in [-0.2, 0) is 0 Å². The van der Waals surface area contributed by atoms with Crippen LogP contribution in [0.15, 0.2) is 17.3 Å². The summed E-state index contributed by atoms with van der Waals surface area (Å²) in [6.07, 6.45) is 5.04. The van der Waals surface area contributed by atoms with Crippen LogP contribution in [0.3, 0.4) is 0 Å². The first-order valence-electron chi connectivity index (χ1n) is 6.64. The topological polar surface area (TPSA) is 28.5 Å². The third kappa shape index (κ3) is 3.56. The Bertz CT molecular complexity index is 408. The van der Waals surface area contributed by atoms with E-state index in [1.807, 2.05) is 33.3 Å². The van der Waals surface area contributed by atoms with Gasteiger partial charge in [0.05, 0.1) is 11.4 Å². The summed E-state index contributed by atoms with van der Waals surface area (Å²) < 4.78 is 0. The molecule has 1 atom stereocenters. The number of pyridine rings is 1. The van der Waals surface area contributed by atoms with Crippen molar-refractivity contribution in [3.63, 3.8) is 0 Å². The van der Waals surface area contributed by atoms with Gasteiger partial charge in [-0.2, -0.15) is 0 Å². The van der Waals surface area contributed by atoms with Gasteiger partial charge >= 0.3 is 0 Å². The van der Waals surface area contributed by atoms with E-state index in [-0.39, 0.29) is 0 Å². The van der Waals surface area contributed by atoms with Gasteiger partial charge in [0.1, 0.15) is 5.69 Å². The van der Waals surface area contributed by atoms with Crippen LogP contribution in [0.5, 0.6) is 0 Å². The van der Waals surface area contributed by atoms with Crippen LogP contribution >= 0.6 is 0 Å². The van der Waals surface area contributed by atoms with Crippen LogP contribution in [0.2, 0.25) is 0 Å². The van der Waals surface area contributed by atoms with Gasteiger partial charge in [-0.1, -0.05) is 20.8 Å². The SMILES string of the molecule is CCC(C=Nc1c(N(C)C)ccnc1C)C(C)C. The monoisotopic (exact) mass is 247 g/mol. The zero-order chi connectivity index (χ0) is 13.7. The molecular weight excluding hydrogens is 222 g/mol. The maximum atomic E-state index is 4.69. The average molecular weight is 247 g/mol. The molecule has 0 aliphatic carbocycles. The van der Waals surface area contributed by atoms with E-state index in [9.17, 15) is 0 Å². The third-order valence-electron chi connectivity index (χ3n) is 3.29. The quantitative estimate of drug-likeness (QED) is 0.740. The van der Waals surface area contributed by atoms with Crippen LogP contribution in [0.1, 0.15) is 32.9 Å². The molecule has 18 heavy (non-hydrogen) atoms. The molecule has 1 aromatic rings. The normalized spacial score (nSPS) is 13.3. The van der Waals surface area contributed by atoms with Crippen molar-refractivity contribution in [2.75, 3.05) is 19.0 Å². The van der Waals surface area contributed by atoms with Crippen molar-refractivity contribution in [2.24, 2.45) is 16.8 Å². The molecule has 0 saturated carbocycles. The molecule has 0 amide bonds. The molecule has 1 rings (SSSR count). The molecule has 3 heteroatoms. The second-order valence-electron chi connectivity index (χ2n) is 5.25. The van der Waals surface area contributed by atoms with E-state index in [0.717, 1.165) is 23.5 Å². The molecule has 0 spiro atoms. The number of hydrogen-bond acceptors (Lipinski definition) is 3. The fourth-order valence-corrected chi connectivity index (χ4v) is 1.98. The van der Waals surface area contributed by atoms with E-state index in [1.165, 1.54) is 0 Å². The zero-order valence-corrected chi connectivity index (χ0v) is 12.4. The Kier molecular flexibility index (Phi) is 5.32. The molecule has 1 unspecified atom stereocenters. The number of aromatic nitrogens is 1. The Morgan fingerprint density at radius 2 is 2.06 bits per heavy atom. The van der Waals surface area contributed by atoms with E-state index in [4.69, 9.17) is 4.99 Å². The molecular formula is C15H25N3. The van der Waals surface area contributed by atoms with Crippen LogP contribution in [0.25, 0.3) is 0 Å². The lowest BCUT2D eigenvalue weighted by molar-refractivity contribution is 0.489. The number of nitrogens with zero attached hydrogens (tertiary/aromatic N) is 3. The van der Waals surface area contributed by atoms with Crippen LogP contribution < -0.4 is 4.90 Å². The summed E-state index contributed by atoms with van der Waals surface area (Å²) in [7, 11) is 4.07. The van der Waals surface area contributed by atoms with Crippen molar-refractivity contribution < 1.29 is 0 Å². The van der Waals surface area contributed by atoms with Crippen molar-refractivity contribution in [3.8, 4) is 0 Å². The van der Waals surface area contributed by atoms with Gasteiger partial charge in [-0.3, -0.25) is 9.98 Å². The molecule has 1 heterocycles. The largest absolute Gasteiger partial charge is 0.376 e. The van der Waals surface area contributed by atoms with Gasteiger partial charge in [0.2, 0.25) is 0 Å².